The zero-order chi connectivity index (χ0) is 18.8. The zero-order valence-corrected chi connectivity index (χ0v) is 16.2. The van der Waals surface area contributed by atoms with Crippen LogP contribution in [0.4, 0.5) is 0 Å². The number of carbonyl (C=O) groups is 1. The van der Waals surface area contributed by atoms with Gasteiger partial charge in [-0.15, -0.1) is 0 Å². The van der Waals surface area contributed by atoms with E-state index in [4.69, 9.17) is 16.6 Å². The summed E-state index contributed by atoms with van der Waals surface area (Å²) in [5.74, 6) is 1.43. The zero-order valence-electron chi connectivity index (χ0n) is 15.4. The van der Waals surface area contributed by atoms with E-state index in [1.807, 2.05) is 47.5 Å². The van der Waals surface area contributed by atoms with Gasteiger partial charge in [0.05, 0.1) is 6.42 Å². The third kappa shape index (κ3) is 3.56. The topological polar surface area (TPSA) is 51.0 Å². The van der Waals surface area contributed by atoms with Crippen molar-refractivity contribution in [2.24, 2.45) is 0 Å². The van der Waals surface area contributed by atoms with E-state index in [9.17, 15) is 4.79 Å². The van der Waals surface area contributed by atoms with E-state index in [0.717, 1.165) is 48.5 Å². The molecule has 3 heterocycles. The Bertz CT molecular complexity index is 968. The number of aryl methyl sites for hydroxylation is 1. The Balaban J connectivity index is 1.53. The Labute approximate surface area is 164 Å². The molecule has 3 aromatic rings. The van der Waals surface area contributed by atoms with E-state index >= 15 is 0 Å². The van der Waals surface area contributed by atoms with Crippen molar-refractivity contribution < 1.29 is 4.79 Å². The van der Waals surface area contributed by atoms with Gasteiger partial charge in [-0.3, -0.25) is 4.79 Å². The normalized spacial score (nSPS) is 17.0. The molecule has 0 radical (unpaired) electrons. The summed E-state index contributed by atoms with van der Waals surface area (Å²) in [6, 6.07) is 11.5. The van der Waals surface area contributed by atoms with Crippen LogP contribution in [0.3, 0.4) is 0 Å². The molecule has 5 nitrogen and oxygen atoms in total. The number of likely N-dealkylation sites (tertiary alicyclic amines) is 1. The number of hydrogen-bond donors (Lipinski definition) is 0. The number of imidazole rings is 1. The highest BCUT2D eigenvalue weighted by Crippen LogP contribution is 2.30. The highest BCUT2D eigenvalue weighted by molar-refractivity contribution is 6.31. The molecule has 0 N–H and O–H groups in total. The van der Waals surface area contributed by atoms with Crippen LogP contribution in [0.15, 0.2) is 42.6 Å². The fraction of sp³-hybridized carbons (Fsp3) is 0.381. The average Bonchev–Trinajstić information content (AvgIpc) is 3.29. The minimum Gasteiger partial charge on any atom is -0.342 e. The molecule has 1 amide bonds. The van der Waals surface area contributed by atoms with Gasteiger partial charge in [0.25, 0.3) is 0 Å². The summed E-state index contributed by atoms with van der Waals surface area (Å²) in [6.45, 7) is 4.52. The standard InChI is InChI=1S/C21H23ClN4O/c1-2-11-26-20(24-18-8-5-10-23-21(18)26)16-9-12-25(14-16)19(27)13-15-6-3-4-7-17(15)22/h3-8,10,16H,2,9,11-14H2,1H3/t16-/m1/s1. The fourth-order valence-electron chi connectivity index (χ4n) is 3.85. The van der Waals surface area contributed by atoms with Gasteiger partial charge in [0, 0.05) is 36.8 Å². The van der Waals surface area contributed by atoms with Crippen molar-refractivity contribution in [2.45, 2.75) is 38.6 Å². The van der Waals surface area contributed by atoms with Crippen LogP contribution in [0.25, 0.3) is 11.2 Å². The van der Waals surface area contributed by atoms with E-state index in [2.05, 4.69) is 16.5 Å². The van der Waals surface area contributed by atoms with Crippen molar-refractivity contribution in [1.82, 2.24) is 19.4 Å². The third-order valence-electron chi connectivity index (χ3n) is 5.19. The predicted molar refractivity (Wildman–Crippen MR) is 107 cm³/mol. The molecule has 27 heavy (non-hydrogen) atoms. The lowest BCUT2D eigenvalue weighted by molar-refractivity contribution is -0.129. The molecule has 0 aliphatic carbocycles. The summed E-state index contributed by atoms with van der Waals surface area (Å²) in [6.07, 6.45) is 4.12. The van der Waals surface area contributed by atoms with E-state index < -0.39 is 0 Å². The Hall–Kier alpha value is -2.40. The number of fused-ring (bicyclic) bond motifs is 1. The Kier molecular flexibility index (Phi) is 5.12. The second kappa shape index (κ2) is 7.69. The molecule has 140 valence electrons. The molecule has 0 bridgehead atoms. The van der Waals surface area contributed by atoms with Gasteiger partial charge in [-0.2, -0.15) is 0 Å². The molecule has 0 spiro atoms. The van der Waals surface area contributed by atoms with Crippen LogP contribution in [0, 0.1) is 0 Å². The van der Waals surface area contributed by atoms with Gasteiger partial charge in [0.1, 0.15) is 11.3 Å². The molecule has 4 rings (SSSR count). The lowest BCUT2D eigenvalue weighted by atomic mass is 10.1. The van der Waals surface area contributed by atoms with Crippen LogP contribution in [-0.4, -0.2) is 38.4 Å². The first-order chi connectivity index (χ1) is 13.2. The number of nitrogens with zero attached hydrogens (tertiary/aromatic N) is 4. The number of rotatable bonds is 5. The molecule has 1 aliphatic heterocycles. The Morgan fingerprint density at radius 3 is 2.93 bits per heavy atom. The Morgan fingerprint density at radius 1 is 1.26 bits per heavy atom. The van der Waals surface area contributed by atoms with Crippen LogP contribution in [-0.2, 0) is 17.8 Å². The van der Waals surface area contributed by atoms with Crippen LogP contribution in [0.5, 0.6) is 0 Å². The number of halogens is 1. The predicted octanol–water partition coefficient (Wildman–Crippen LogP) is 4.05. The maximum atomic E-state index is 12.8. The highest BCUT2D eigenvalue weighted by atomic mass is 35.5. The van der Waals surface area contributed by atoms with Crippen LogP contribution >= 0.6 is 11.6 Å². The van der Waals surface area contributed by atoms with Gasteiger partial charge in [-0.25, -0.2) is 9.97 Å². The highest BCUT2D eigenvalue weighted by Gasteiger charge is 2.31. The quantitative estimate of drug-likeness (QED) is 0.668. The van der Waals surface area contributed by atoms with Gasteiger partial charge in [0.2, 0.25) is 5.91 Å². The number of pyridine rings is 1. The Morgan fingerprint density at radius 2 is 2.11 bits per heavy atom. The summed E-state index contributed by atoms with van der Waals surface area (Å²) in [5.41, 5.74) is 2.76. The molecule has 6 heteroatoms. The van der Waals surface area contributed by atoms with Crippen molar-refractivity contribution in [3.8, 4) is 0 Å². The molecule has 1 saturated heterocycles. The minimum atomic E-state index is 0.127. The lowest BCUT2D eigenvalue weighted by Gasteiger charge is -2.17. The fourth-order valence-corrected chi connectivity index (χ4v) is 4.05. The number of benzene rings is 1. The summed E-state index contributed by atoms with van der Waals surface area (Å²) in [4.78, 5) is 24.1. The molecule has 1 aliphatic rings. The summed E-state index contributed by atoms with van der Waals surface area (Å²) in [7, 11) is 0. The monoisotopic (exact) mass is 382 g/mol. The van der Waals surface area contributed by atoms with Gasteiger partial charge < -0.3 is 9.47 Å². The maximum absolute atomic E-state index is 12.8. The van der Waals surface area contributed by atoms with Crippen molar-refractivity contribution in [2.75, 3.05) is 13.1 Å². The van der Waals surface area contributed by atoms with Crippen molar-refractivity contribution in [3.63, 3.8) is 0 Å². The summed E-state index contributed by atoms with van der Waals surface area (Å²) in [5, 5.41) is 0.650. The van der Waals surface area contributed by atoms with E-state index in [1.54, 1.807) is 0 Å². The smallest absolute Gasteiger partial charge is 0.227 e. The first kappa shape index (κ1) is 18.0. The second-order valence-electron chi connectivity index (χ2n) is 7.06. The molecule has 1 aromatic carbocycles. The van der Waals surface area contributed by atoms with E-state index in [1.165, 1.54) is 0 Å². The molecule has 0 unspecified atom stereocenters. The van der Waals surface area contributed by atoms with Gasteiger partial charge >= 0.3 is 0 Å². The van der Waals surface area contributed by atoms with Gasteiger partial charge in [0.15, 0.2) is 5.65 Å². The second-order valence-corrected chi connectivity index (χ2v) is 7.47. The van der Waals surface area contributed by atoms with Gasteiger partial charge in [-0.1, -0.05) is 36.7 Å². The molecule has 2 aromatic heterocycles. The van der Waals surface area contributed by atoms with Crippen LogP contribution in [0.1, 0.15) is 37.1 Å². The van der Waals surface area contributed by atoms with E-state index in [0.29, 0.717) is 18.0 Å². The summed E-state index contributed by atoms with van der Waals surface area (Å²) >= 11 is 6.21. The molecular weight excluding hydrogens is 360 g/mol. The number of carbonyl (C=O) groups excluding carboxylic acids is 1. The average molecular weight is 383 g/mol. The van der Waals surface area contributed by atoms with Crippen molar-refractivity contribution >= 4 is 28.7 Å². The first-order valence-electron chi connectivity index (χ1n) is 9.49. The largest absolute Gasteiger partial charge is 0.342 e. The molecule has 1 fully saturated rings. The minimum absolute atomic E-state index is 0.127. The van der Waals surface area contributed by atoms with E-state index in [-0.39, 0.29) is 11.8 Å². The molecular formula is C21H23ClN4O. The van der Waals surface area contributed by atoms with Crippen molar-refractivity contribution in [3.05, 3.63) is 59.0 Å². The molecule has 1 atom stereocenters. The number of amides is 1. The third-order valence-corrected chi connectivity index (χ3v) is 5.55. The van der Waals surface area contributed by atoms with Crippen molar-refractivity contribution in [1.29, 1.82) is 0 Å². The number of aromatic nitrogens is 3. The lowest BCUT2D eigenvalue weighted by Crippen LogP contribution is -2.30. The number of hydrogen-bond acceptors (Lipinski definition) is 3. The SMILES string of the molecule is CCCn1c([C@@H]2CCN(C(=O)Cc3ccccc3Cl)C2)nc2cccnc21. The molecule has 0 saturated carbocycles. The van der Waals surface area contributed by atoms with Crippen LogP contribution in [0.2, 0.25) is 5.02 Å². The maximum Gasteiger partial charge on any atom is 0.227 e. The summed E-state index contributed by atoms with van der Waals surface area (Å²) < 4.78 is 2.22. The first-order valence-corrected chi connectivity index (χ1v) is 9.87. The van der Waals surface area contributed by atoms with Gasteiger partial charge in [-0.05, 0) is 36.6 Å². The van der Waals surface area contributed by atoms with Crippen LogP contribution < -0.4 is 0 Å².